The Morgan fingerprint density at radius 1 is 1.20 bits per heavy atom. The molecule has 1 rings (SSSR count). The summed E-state index contributed by atoms with van der Waals surface area (Å²) in [5.41, 5.74) is 1.82. The fourth-order valence-corrected chi connectivity index (χ4v) is 2.54. The molecule has 0 bridgehead atoms. The lowest BCUT2D eigenvalue weighted by Gasteiger charge is -2.25. The molecule has 3 atom stereocenters. The molecule has 6 heteroatoms. The molecule has 112 valence electrons. The van der Waals surface area contributed by atoms with Gasteiger partial charge in [0.25, 0.3) is 0 Å². The van der Waals surface area contributed by atoms with Gasteiger partial charge in [0, 0.05) is 6.26 Å². The Kier molecular flexibility index (Phi) is 5.59. The molecule has 1 aromatic carbocycles. The third-order valence-electron chi connectivity index (χ3n) is 3.24. The average molecular weight is 318 g/mol. The molecule has 0 saturated carbocycles. The van der Waals surface area contributed by atoms with Gasteiger partial charge in [0.05, 0.1) is 11.3 Å². The standard InChI is InChI=1S/C14H20ClNO3S/c1-9-5-7-12(8-6-9)13(11(3)20(4,18)19)16-14(17)10(2)15/h5-8,10-11,13H,1-4H3,(H,16,17). The maximum atomic E-state index is 11.8. The van der Waals surface area contributed by atoms with E-state index in [9.17, 15) is 13.2 Å². The van der Waals surface area contributed by atoms with Gasteiger partial charge in [0.1, 0.15) is 5.38 Å². The van der Waals surface area contributed by atoms with E-state index in [1.165, 1.54) is 0 Å². The van der Waals surface area contributed by atoms with Crippen LogP contribution < -0.4 is 5.32 Å². The van der Waals surface area contributed by atoms with Gasteiger partial charge in [-0.2, -0.15) is 0 Å². The molecule has 1 N–H and O–H groups in total. The van der Waals surface area contributed by atoms with E-state index in [0.29, 0.717) is 0 Å². The summed E-state index contributed by atoms with van der Waals surface area (Å²) in [6, 6.07) is 6.79. The molecule has 0 aliphatic heterocycles. The van der Waals surface area contributed by atoms with Crippen LogP contribution in [0.15, 0.2) is 24.3 Å². The number of halogens is 1. The highest BCUT2D eigenvalue weighted by Crippen LogP contribution is 2.22. The Hall–Kier alpha value is -1.07. The summed E-state index contributed by atoms with van der Waals surface area (Å²) in [5, 5.41) is 1.26. The van der Waals surface area contributed by atoms with E-state index in [4.69, 9.17) is 11.6 Å². The molecule has 20 heavy (non-hydrogen) atoms. The van der Waals surface area contributed by atoms with Crippen LogP contribution in [-0.2, 0) is 14.6 Å². The molecular formula is C14H20ClNO3S. The second-order valence-corrected chi connectivity index (χ2v) is 8.10. The minimum atomic E-state index is -3.29. The molecule has 0 radical (unpaired) electrons. The largest absolute Gasteiger partial charge is 0.347 e. The third kappa shape index (κ3) is 4.49. The maximum Gasteiger partial charge on any atom is 0.238 e. The van der Waals surface area contributed by atoms with Crippen LogP contribution in [0.3, 0.4) is 0 Å². The number of hydrogen-bond donors (Lipinski definition) is 1. The van der Waals surface area contributed by atoms with Crippen LogP contribution in [0.5, 0.6) is 0 Å². The van der Waals surface area contributed by atoms with E-state index in [2.05, 4.69) is 5.32 Å². The SMILES string of the molecule is Cc1ccc(C(NC(=O)C(C)Cl)C(C)S(C)(=O)=O)cc1. The van der Waals surface area contributed by atoms with Crippen molar-refractivity contribution in [2.45, 2.75) is 37.4 Å². The molecule has 4 nitrogen and oxygen atoms in total. The Morgan fingerprint density at radius 2 is 1.70 bits per heavy atom. The molecule has 0 heterocycles. The normalized spacial score (nSPS) is 16.2. The second kappa shape index (κ2) is 6.59. The number of aryl methyl sites for hydroxylation is 1. The molecule has 0 aromatic heterocycles. The molecule has 0 aliphatic carbocycles. The molecule has 1 aromatic rings. The van der Waals surface area contributed by atoms with E-state index in [1.807, 2.05) is 31.2 Å². The zero-order chi connectivity index (χ0) is 15.5. The van der Waals surface area contributed by atoms with Crippen molar-refractivity contribution in [2.24, 2.45) is 0 Å². The van der Waals surface area contributed by atoms with E-state index in [1.54, 1.807) is 13.8 Å². The summed E-state index contributed by atoms with van der Waals surface area (Å²) < 4.78 is 23.6. The van der Waals surface area contributed by atoms with Crippen molar-refractivity contribution in [3.8, 4) is 0 Å². The van der Waals surface area contributed by atoms with Crippen molar-refractivity contribution < 1.29 is 13.2 Å². The predicted octanol–water partition coefficient (Wildman–Crippen LogP) is 2.21. The molecular weight excluding hydrogens is 298 g/mol. The van der Waals surface area contributed by atoms with E-state index in [-0.39, 0.29) is 5.91 Å². The highest BCUT2D eigenvalue weighted by molar-refractivity contribution is 7.91. The molecule has 0 saturated heterocycles. The van der Waals surface area contributed by atoms with Gasteiger partial charge in [-0.1, -0.05) is 29.8 Å². The smallest absolute Gasteiger partial charge is 0.238 e. The number of carbonyl (C=O) groups is 1. The van der Waals surface area contributed by atoms with Gasteiger partial charge >= 0.3 is 0 Å². The molecule has 3 unspecified atom stereocenters. The molecule has 1 amide bonds. The summed E-state index contributed by atoms with van der Waals surface area (Å²) in [6.07, 6.45) is 1.16. The van der Waals surface area contributed by atoms with Gasteiger partial charge in [0.15, 0.2) is 9.84 Å². The van der Waals surface area contributed by atoms with Crippen LogP contribution in [-0.4, -0.2) is 31.2 Å². The number of carbonyl (C=O) groups excluding carboxylic acids is 1. The zero-order valence-corrected chi connectivity index (χ0v) is 13.6. The number of amides is 1. The predicted molar refractivity (Wildman–Crippen MR) is 81.7 cm³/mol. The third-order valence-corrected chi connectivity index (χ3v) is 5.06. The molecule has 0 fully saturated rings. The number of hydrogen-bond acceptors (Lipinski definition) is 3. The fraction of sp³-hybridized carbons (Fsp3) is 0.500. The summed E-state index contributed by atoms with van der Waals surface area (Å²) in [4.78, 5) is 11.8. The zero-order valence-electron chi connectivity index (χ0n) is 12.1. The lowest BCUT2D eigenvalue weighted by atomic mass is 10.0. The second-order valence-electron chi connectivity index (χ2n) is 5.05. The highest BCUT2D eigenvalue weighted by atomic mass is 35.5. The Balaban J connectivity index is 3.13. The first-order chi connectivity index (χ1) is 9.12. The molecule has 0 aliphatic rings. The lowest BCUT2D eigenvalue weighted by Crippen LogP contribution is -2.41. The number of sulfone groups is 1. The number of nitrogens with one attached hydrogen (secondary N) is 1. The Bertz CT molecular complexity index is 567. The quantitative estimate of drug-likeness (QED) is 0.847. The highest BCUT2D eigenvalue weighted by Gasteiger charge is 2.29. The summed E-state index contributed by atoms with van der Waals surface area (Å²) in [5.74, 6) is -0.382. The van der Waals surface area contributed by atoms with Crippen molar-refractivity contribution >= 4 is 27.3 Å². The average Bonchev–Trinajstić information content (AvgIpc) is 2.34. The number of benzene rings is 1. The Morgan fingerprint density at radius 3 is 2.10 bits per heavy atom. The van der Waals surface area contributed by atoms with E-state index >= 15 is 0 Å². The monoisotopic (exact) mass is 317 g/mol. The number of alkyl halides is 1. The first kappa shape index (κ1) is 17.0. The van der Waals surface area contributed by atoms with Gasteiger partial charge in [0.2, 0.25) is 5.91 Å². The van der Waals surface area contributed by atoms with Crippen LogP contribution in [0.2, 0.25) is 0 Å². The van der Waals surface area contributed by atoms with Crippen molar-refractivity contribution in [2.75, 3.05) is 6.26 Å². The van der Waals surface area contributed by atoms with Gasteiger partial charge < -0.3 is 5.32 Å². The van der Waals surface area contributed by atoms with Gasteiger partial charge in [-0.05, 0) is 26.3 Å². The van der Waals surface area contributed by atoms with Gasteiger partial charge in [-0.3, -0.25) is 4.79 Å². The van der Waals surface area contributed by atoms with Crippen LogP contribution in [0.4, 0.5) is 0 Å². The minimum Gasteiger partial charge on any atom is -0.347 e. The van der Waals surface area contributed by atoms with Crippen LogP contribution in [0.25, 0.3) is 0 Å². The summed E-state index contributed by atoms with van der Waals surface area (Å²) in [7, 11) is -3.29. The van der Waals surface area contributed by atoms with Crippen molar-refractivity contribution in [3.63, 3.8) is 0 Å². The van der Waals surface area contributed by atoms with Crippen molar-refractivity contribution in [1.82, 2.24) is 5.32 Å². The summed E-state index contributed by atoms with van der Waals surface area (Å²) >= 11 is 5.74. The van der Waals surface area contributed by atoms with Crippen LogP contribution in [0.1, 0.15) is 31.0 Å². The first-order valence-electron chi connectivity index (χ1n) is 6.33. The number of rotatable bonds is 5. The van der Waals surface area contributed by atoms with E-state index < -0.39 is 26.5 Å². The first-order valence-corrected chi connectivity index (χ1v) is 8.72. The van der Waals surface area contributed by atoms with E-state index in [0.717, 1.165) is 17.4 Å². The van der Waals surface area contributed by atoms with Gasteiger partial charge in [-0.25, -0.2) is 8.42 Å². The van der Waals surface area contributed by atoms with Gasteiger partial charge in [-0.15, -0.1) is 11.6 Å². The summed E-state index contributed by atoms with van der Waals surface area (Å²) in [6.45, 7) is 5.07. The lowest BCUT2D eigenvalue weighted by molar-refractivity contribution is -0.121. The van der Waals surface area contributed by atoms with Crippen LogP contribution in [0, 0.1) is 6.92 Å². The minimum absolute atomic E-state index is 0.382. The van der Waals surface area contributed by atoms with Crippen molar-refractivity contribution in [1.29, 1.82) is 0 Å². The maximum absolute atomic E-state index is 11.8. The fourth-order valence-electron chi connectivity index (χ4n) is 1.76. The topological polar surface area (TPSA) is 63.2 Å². The van der Waals surface area contributed by atoms with Crippen molar-refractivity contribution in [3.05, 3.63) is 35.4 Å². The molecule has 0 spiro atoms. The van der Waals surface area contributed by atoms with Crippen LogP contribution >= 0.6 is 11.6 Å². The Labute approximate surface area is 125 Å².